The summed E-state index contributed by atoms with van der Waals surface area (Å²) < 4.78 is 5.49. The van der Waals surface area contributed by atoms with Crippen molar-refractivity contribution in [3.8, 4) is 0 Å². The number of benzene rings is 1. The Kier molecular flexibility index (Phi) is 2.66. The lowest BCUT2D eigenvalue weighted by Gasteiger charge is -2.08. The van der Waals surface area contributed by atoms with E-state index in [-0.39, 0.29) is 16.7 Å². The fourth-order valence-corrected chi connectivity index (χ4v) is 1.65. The Morgan fingerprint density at radius 1 is 1.60 bits per heavy atom. The lowest BCUT2D eigenvalue weighted by atomic mass is 10.1. The molecule has 0 N–H and O–H groups in total. The van der Waals surface area contributed by atoms with E-state index < -0.39 is 0 Å². The lowest BCUT2D eigenvalue weighted by Crippen LogP contribution is -2.13. The van der Waals surface area contributed by atoms with Crippen molar-refractivity contribution in [3.63, 3.8) is 0 Å². The molecule has 1 aromatic rings. The number of rotatable bonds is 2. The average molecular weight is 208 g/mol. The molecule has 2 rings (SSSR count). The smallest absolute Gasteiger partial charge is 0.269 e. The van der Waals surface area contributed by atoms with Crippen molar-refractivity contribution >= 4 is 5.69 Å². The topological polar surface area (TPSA) is 55.6 Å². The van der Waals surface area contributed by atoms with Gasteiger partial charge in [-0.25, -0.2) is 0 Å². The summed E-state index contributed by atoms with van der Waals surface area (Å²) in [5.41, 5.74) is 0.985. The number of non-ortho nitro benzene ring substituents is 1. The van der Waals surface area contributed by atoms with E-state index >= 15 is 0 Å². The highest BCUT2D eigenvalue weighted by atomic mass is 16.6. The normalized spacial score (nSPS) is 21.8. The summed E-state index contributed by atoms with van der Waals surface area (Å²) in [7, 11) is 1.96. The summed E-state index contributed by atoms with van der Waals surface area (Å²) in [4.78, 5) is 12.2. The molecular formula is C10H12N2O3. The summed E-state index contributed by atoms with van der Waals surface area (Å²) in [6.07, 6.45) is -0.0464. The first-order valence-electron chi connectivity index (χ1n) is 4.71. The molecular weight excluding hydrogens is 196 g/mol. The van der Waals surface area contributed by atoms with Gasteiger partial charge in [0.15, 0.2) is 0 Å². The minimum Gasteiger partial charge on any atom is -0.357 e. The molecule has 1 heterocycles. The van der Waals surface area contributed by atoms with Crippen molar-refractivity contribution in [2.24, 2.45) is 0 Å². The highest BCUT2D eigenvalue weighted by molar-refractivity contribution is 5.35. The zero-order valence-electron chi connectivity index (χ0n) is 8.42. The predicted octanol–water partition coefficient (Wildman–Crippen LogP) is 1.56. The van der Waals surface area contributed by atoms with Crippen molar-refractivity contribution in [3.05, 3.63) is 39.9 Å². The second kappa shape index (κ2) is 3.96. The maximum Gasteiger partial charge on any atom is 0.269 e. The maximum atomic E-state index is 10.6. The number of hydrogen-bond acceptors (Lipinski definition) is 4. The third kappa shape index (κ3) is 2.14. The Bertz CT molecular complexity index is 381. The average Bonchev–Trinajstić information content (AvgIpc) is 2.65. The summed E-state index contributed by atoms with van der Waals surface area (Å²) in [5.74, 6) is 0. The number of nitrogens with zero attached hydrogens (tertiary/aromatic N) is 2. The fraction of sp³-hybridized carbons (Fsp3) is 0.400. The molecule has 0 saturated carbocycles. The molecule has 0 bridgehead atoms. The molecule has 0 spiro atoms. The maximum absolute atomic E-state index is 10.6. The minimum absolute atomic E-state index is 0.0464. The third-order valence-corrected chi connectivity index (χ3v) is 2.43. The van der Waals surface area contributed by atoms with E-state index in [1.165, 1.54) is 6.07 Å². The summed E-state index contributed by atoms with van der Waals surface area (Å²) in [5, 5.41) is 10.6. The van der Waals surface area contributed by atoms with Crippen LogP contribution in [-0.4, -0.2) is 30.1 Å². The van der Waals surface area contributed by atoms with Gasteiger partial charge in [0.25, 0.3) is 5.69 Å². The SMILES string of the molecule is CN1COC(c2cccc([N+](=O)[O-])c2)C1. The molecule has 1 saturated heterocycles. The van der Waals surface area contributed by atoms with Gasteiger partial charge in [-0.2, -0.15) is 0 Å². The van der Waals surface area contributed by atoms with E-state index in [1.807, 2.05) is 18.0 Å². The van der Waals surface area contributed by atoms with Crippen LogP contribution in [0.5, 0.6) is 0 Å². The van der Waals surface area contributed by atoms with E-state index in [0.29, 0.717) is 6.73 Å². The number of ether oxygens (including phenoxy) is 1. The Morgan fingerprint density at radius 3 is 3.00 bits per heavy atom. The van der Waals surface area contributed by atoms with Gasteiger partial charge in [-0.05, 0) is 12.6 Å². The van der Waals surface area contributed by atoms with Crippen LogP contribution < -0.4 is 0 Å². The molecule has 1 aromatic carbocycles. The quantitative estimate of drug-likeness (QED) is 0.546. The van der Waals surface area contributed by atoms with Crippen LogP contribution in [0, 0.1) is 10.1 Å². The lowest BCUT2D eigenvalue weighted by molar-refractivity contribution is -0.385. The van der Waals surface area contributed by atoms with Gasteiger partial charge < -0.3 is 4.74 Å². The minimum atomic E-state index is -0.387. The molecule has 5 heteroatoms. The molecule has 80 valence electrons. The zero-order valence-corrected chi connectivity index (χ0v) is 8.42. The molecule has 1 atom stereocenters. The van der Waals surface area contributed by atoms with Gasteiger partial charge in [0.2, 0.25) is 0 Å². The Labute approximate surface area is 87.4 Å². The molecule has 1 aliphatic rings. The first-order valence-corrected chi connectivity index (χ1v) is 4.71. The second-order valence-electron chi connectivity index (χ2n) is 3.68. The zero-order chi connectivity index (χ0) is 10.8. The van der Waals surface area contributed by atoms with Crippen LogP contribution in [-0.2, 0) is 4.74 Å². The van der Waals surface area contributed by atoms with E-state index in [4.69, 9.17) is 4.74 Å². The molecule has 0 amide bonds. The Balaban J connectivity index is 2.21. The van der Waals surface area contributed by atoms with Crippen molar-refractivity contribution in [2.45, 2.75) is 6.10 Å². The van der Waals surface area contributed by atoms with Crippen LogP contribution in [0.15, 0.2) is 24.3 Å². The van der Waals surface area contributed by atoms with Gasteiger partial charge in [-0.1, -0.05) is 12.1 Å². The highest BCUT2D eigenvalue weighted by Crippen LogP contribution is 2.26. The first kappa shape index (κ1) is 10.1. The number of nitro benzene ring substituents is 1. The van der Waals surface area contributed by atoms with Gasteiger partial charge in [0.05, 0.1) is 17.8 Å². The predicted molar refractivity (Wildman–Crippen MR) is 54.4 cm³/mol. The van der Waals surface area contributed by atoms with Crippen LogP contribution in [0.1, 0.15) is 11.7 Å². The monoisotopic (exact) mass is 208 g/mol. The Hall–Kier alpha value is -1.46. The molecule has 1 aliphatic heterocycles. The first-order chi connectivity index (χ1) is 7.16. The van der Waals surface area contributed by atoms with E-state index in [2.05, 4.69) is 0 Å². The molecule has 1 fully saturated rings. The van der Waals surface area contributed by atoms with Crippen molar-refractivity contribution in [2.75, 3.05) is 20.3 Å². The Morgan fingerprint density at radius 2 is 2.40 bits per heavy atom. The molecule has 0 aromatic heterocycles. The standard InChI is InChI=1S/C10H12N2O3/c1-11-6-10(15-7-11)8-3-2-4-9(5-8)12(13)14/h2-5,10H,6-7H2,1H3. The highest BCUT2D eigenvalue weighted by Gasteiger charge is 2.22. The number of nitro groups is 1. The summed E-state index contributed by atoms with van der Waals surface area (Å²) in [6, 6.07) is 6.61. The van der Waals surface area contributed by atoms with Crippen molar-refractivity contribution < 1.29 is 9.66 Å². The second-order valence-corrected chi connectivity index (χ2v) is 3.68. The van der Waals surface area contributed by atoms with Gasteiger partial charge in [-0.15, -0.1) is 0 Å². The molecule has 0 radical (unpaired) electrons. The summed E-state index contributed by atoms with van der Waals surface area (Å²) in [6.45, 7) is 1.36. The van der Waals surface area contributed by atoms with Gasteiger partial charge in [0.1, 0.15) is 0 Å². The van der Waals surface area contributed by atoms with Crippen LogP contribution in [0.2, 0.25) is 0 Å². The molecule has 5 nitrogen and oxygen atoms in total. The van der Waals surface area contributed by atoms with Crippen LogP contribution in [0.3, 0.4) is 0 Å². The summed E-state index contributed by atoms with van der Waals surface area (Å²) >= 11 is 0. The number of hydrogen-bond donors (Lipinski definition) is 0. The number of likely N-dealkylation sites (N-methyl/N-ethyl adjacent to an activating group) is 1. The van der Waals surface area contributed by atoms with Crippen molar-refractivity contribution in [1.82, 2.24) is 4.90 Å². The van der Waals surface area contributed by atoms with Crippen LogP contribution in [0.25, 0.3) is 0 Å². The molecule has 15 heavy (non-hydrogen) atoms. The third-order valence-electron chi connectivity index (χ3n) is 2.43. The van der Waals surface area contributed by atoms with E-state index in [0.717, 1.165) is 12.1 Å². The van der Waals surface area contributed by atoms with E-state index in [1.54, 1.807) is 12.1 Å². The van der Waals surface area contributed by atoms with Gasteiger partial charge >= 0.3 is 0 Å². The largest absolute Gasteiger partial charge is 0.357 e. The molecule has 0 aliphatic carbocycles. The molecule has 1 unspecified atom stereocenters. The fourth-order valence-electron chi connectivity index (χ4n) is 1.65. The van der Waals surface area contributed by atoms with Crippen molar-refractivity contribution in [1.29, 1.82) is 0 Å². The van der Waals surface area contributed by atoms with E-state index in [9.17, 15) is 10.1 Å². The van der Waals surface area contributed by atoms with Crippen LogP contribution in [0.4, 0.5) is 5.69 Å². The van der Waals surface area contributed by atoms with Gasteiger partial charge in [-0.3, -0.25) is 15.0 Å². The van der Waals surface area contributed by atoms with Gasteiger partial charge in [0, 0.05) is 18.7 Å². The van der Waals surface area contributed by atoms with Crippen LogP contribution >= 0.6 is 0 Å².